The Hall–Kier alpha value is -2.45. The van der Waals surface area contributed by atoms with Gasteiger partial charge in [0.2, 0.25) is 0 Å². The van der Waals surface area contributed by atoms with Crippen molar-refractivity contribution in [1.82, 2.24) is 20.1 Å². The van der Waals surface area contributed by atoms with Gasteiger partial charge in [-0.1, -0.05) is 6.07 Å². The highest BCUT2D eigenvalue weighted by Crippen LogP contribution is 2.09. The molecule has 1 aliphatic heterocycles. The third kappa shape index (κ3) is 5.27. The van der Waals surface area contributed by atoms with Crippen LogP contribution >= 0.6 is 11.3 Å². The number of carbonyl (C=O) groups is 2. The SMILES string of the molecule is O=C(NCCN1CCN(C(=O)COc2cccnc2)CC1)c1cccs1. The van der Waals surface area contributed by atoms with Gasteiger partial charge in [0, 0.05) is 45.5 Å². The Labute approximate surface area is 156 Å². The average Bonchev–Trinajstić information content (AvgIpc) is 3.22. The summed E-state index contributed by atoms with van der Waals surface area (Å²) in [5.41, 5.74) is 0. The number of hydrogen-bond acceptors (Lipinski definition) is 6. The second-order valence-electron chi connectivity index (χ2n) is 5.93. The summed E-state index contributed by atoms with van der Waals surface area (Å²) in [5, 5.41) is 4.82. The van der Waals surface area contributed by atoms with Crippen molar-refractivity contribution in [3.63, 3.8) is 0 Å². The first-order valence-electron chi connectivity index (χ1n) is 8.57. The maximum Gasteiger partial charge on any atom is 0.261 e. The average molecular weight is 374 g/mol. The Morgan fingerprint density at radius 2 is 2.04 bits per heavy atom. The summed E-state index contributed by atoms with van der Waals surface area (Å²) in [4.78, 5) is 32.9. The number of pyridine rings is 1. The number of aromatic nitrogens is 1. The Balaban J connectivity index is 1.32. The van der Waals surface area contributed by atoms with Crippen LogP contribution < -0.4 is 10.1 Å². The standard InChI is InChI=1S/C18H22N4O3S/c23-17(14-25-15-3-1-5-19-13-15)22-10-8-21(9-11-22)7-6-20-18(24)16-4-2-12-26-16/h1-5,12-13H,6-11,14H2,(H,20,24). The third-order valence-corrected chi connectivity index (χ3v) is 5.05. The highest BCUT2D eigenvalue weighted by atomic mass is 32.1. The smallest absolute Gasteiger partial charge is 0.261 e. The number of thiophene rings is 1. The van der Waals surface area contributed by atoms with E-state index in [2.05, 4.69) is 15.2 Å². The number of rotatable bonds is 7. The lowest BCUT2D eigenvalue weighted by molar-refractivity contribution is -0.135. The summed E-state index contributed by atoms with van der Waals surface area (Å²) in [6.45, 7) is 4.37. The maximum absolute atomic E-state index is 12.2. The largest absolute Gasteiger partial charge is 0.482 e. The van der Waals surface area contributed by atoms with Gasteiger partial charge in [-0.3, -0.25) is 19.5 Å². The van der Waals surface area contributed by atoms with Gasteiger partial charge in [-0.2, -0.15) is 0 Å². The Morgan fingerprint density at radius 1 is 1.19 bits per heavy atom. The second-order valence-corrected chi connectivity index (χ2v) is 6.88. The van der Waals surface area contributed by atoms with Crippen LogP contribution in [0.4, 0.5) is 0 Å². The first-order valence-corrected chi connectivity index (χ1v) is 9.45. The Kier molecular flexibility index (Phi) is 6.56. The van der Waals surface area contributed by atoms with Crippen molar-refractivity contribution in [3.8, 4) is 5.75 Å². The first kappa shape index (κ1) is 18.3. The molecule has 1 saturated heterocycles. The lowest BCUT2D eigenvalue weighted by Crippen LogP contribution is -2.51. The van der Waals surface area contributed by atoms with E-state index in [1.54, 1.807) is 24.5 Å². The molecule has 8 heteroatoms. The molecule has 0 unspecified atom stereocenters. The molecule has 0 atom stereocenters. The van der Waals surface area contributed by atoms with Gasteiger partial charge in [0.05, 0.1) is 11.1 Å². The van der Waals surface area contributed by atoms with Gasteiger partial charge in [-0.25, -0.2) is 0 Å². The Bertz CT molecular complexity index is 700. The molecule has 26 heavy (non-hydrogen) atoms. The number of carbonyl (C=O) groups excluding carboxylic acids is 2. The predicted octanol–water partition coefficient (Wildman–Crippen LogP) is 1.10. The van der Waals surface area contributed by atoms with Gasteiger partial charge in [0.25, 0.3) is 11.8 Å². The fourth-order valence-electron chi connectivity index (χ4n) is 2.71. The van der Waals surface area contributed by atoms with Gasteiger partial charge in [0.15, 0.2) is 6.61 Å². The van der Waals surface area contributed by atoms with Crippen LogP contribution in [0.3, 0.4) is 0 Å². The van der Waals surface area contributed by atoms with Crippen molar-refractivity contribution in [2.45, 2.75) is 0 Å². The van der Waals surface area contributed by atoms with Gasteiger partial charge >= 0.3 is 0 Å². The van der Waals surface area contributed by atoms with Crippen LogP contribution in [0.2, 0.25) is 0 Å². The molecule has 2 amide bonds. The highest BCUT2D eigenvalue weighted by molar-refractivity contribution is 7.12. The summed E-state index contributed by atoms with van der Waals surface area (Å²) >= 11 is 1.44. The van der Waals surface area contributed by atoms with E-state index in [0.717, 1.165) is 24.5 Å². The molecule has 0 bridgehead atoms. The molecule has 0 aromatic carbocycles. The van der Waals surface area contributed by atoms with E-state index in [9.17, 15) is 9.59 Å². The van der Waals surface area contributed by atoms with Gasteiger partial charge in [0.1, 0.15) is 5.75 Å². The molecule has 2 aromatic heterocycles. The Morgan fingerprint density at radius 3 is 2.73 bits per heavy atom. The normalized spacial score (nSPS) is 14.8. The summed E-state index contributed by atoms with van der Waals surface area (Å²) in [5.74, 6) is 0.557. The molecule has 7 nitrogen and oxygen atoms in total. The lowest BCUT2D eigenvalue weighted by Gasteiger charge is -2.34. The summed E-state index contributed by atoms with van der Waals surface area (Å²) in [6.07, 6.45) is 3.26. The molecule has 0 spiro atoms. The summed E-state index contributed by atoms with van der Waals surface area (Å²) < 4.78 is 5.46. The van der Waals surface area contributed by atoms with E-state index in [4.69, 9.17) is 4.74 Å². The van der Waals surface area contributed by atoms with Crippen LogP contribution in [0.25, 0.3) is 0 Å². The predicted molar refractivity (Wildman–Crippen MR) is 99.4 cm³/mol. The van der Waals surface area contributed by atoms with E-state index in [1.807, 2.05) is 22.4 Å². The number of piperazine rings is 1. The zero-order valence-electron chi connectivity index (χ0n) is 14.5. The van der Waals surface area contributed by atoms with E-state index in [1.165, 1.54) is 11.3 Å². The fraction of sp³-hybridized carbons (Fsp3) is 0.389. The van der Waals surface area contributed by atoms with Gasteiger partial charge in [-0.15, -0.1) is 11.3 Å². The number of hydrogen-bond donors (Lipinski definition) is 1. The van der Waals surface area contributed by atoms with Crippen molar-refractivity contribution in [2.24, 2.45) is 0 Å². The molecule has 0 aliphatic carbocycles. The zero-order valence-corrected chi connectivity index (χ0v) is 15.3. The van der Waals surface area contributed by atoms with Crippen LogP contribution in [0.1, 0.15) is 9.67 Å². The van der Waals surface area contributed by atoms with E-state index in [-0.39, 0.29) is 18.4 Å². The number of nitrogens with zero attached hydrogens (tertiary/aromatic N) is 3. The minimum absolute atomic E-state index is 0.0144. The molecule has 0 saturated carbocycles. The molecule has 3 heterocycles. The zero-order chi connectivity index (χ0) is 18.2. The van der Waals surface area contributed by atoms with Gasteiger partial charge < -0.3 is 15.0 Å². The third-order valence-electron chi connectivity index (χ3n) is 4.18. The van der Waals surface area contributed by atoms with Crippen molar-refractivity contribution in [1.29, 1.82) is 0 Å². The van der Waals surface area contributed by atoms with Crippen molar-refractivity contribution < 1.29 is 14.3 Å². The topological polar surface area (TPSA) is 74.8 Å². The molecular weight excluding hydrogens is 352 g/mol. The van der Waals surface area contributed by atoms with Crippen LogP contribution in [0, 0.1) is 0 Å². The van der Waals surface area contributed by atoms with Crippen molar-refractivity contribution in [2.75, 3.05) is 45.9 Å². The van der Waals surface area contributed by atoms with Crippen LogP contribution in [-0.4, -0.2) is 72.5 Å². The van der Waals surface area contributed by atoms with Gasteiger partial charge in [-0.05, 0) is 23.6 Å². The minimum Gasteiger partial charge on any atom is -0.482 e. The van der Waals surface area contributed by atoms with E-state index < -0.39 is 0 Å². The van der Waals surface area contributed by atoms with Crippen molar-refractivity contribution in [3.05, 3.63) is 46.9 Å². The summed E-state index contributed by atoms with van der Waals surface area (Å²) in [6, 6.07) is 7.24. The van der Waals surface area contributed by atoms with Crippen LogP contribution in [-0.2, 0) is 4.79 Å². The molecular formula is C18H22N4O3S. The van der Waals surface area contributed by atoms with Crippen LogP contribution in [0.5, 0.6) is 5.75 Å². The fourth-order valence-corrected chi connectivity index (χ4v) is 3.35. The van der Waals surface area contributed by atoms with E-state index >= 15 is 0 Å². The molecule has 2 aromatic rings. The number of nitrogens with one attached hydrogen (secondary N) is 1. The molecule has 1 fully saturated rings. The second kappa shape index (κ2) is 9.30. The quantitative estimate of drug-likeness (QED) is 0.785. The number of ether oxygens (including phenoxy) is 1. The minimum atomic E-state index is -0.0265. The van der Waals surface area contributed by atoms with E-state index in [0.29, 0.717) is 25.4 Å². The molecule has 1 N–H and O–H groups in total. The highest BCUT2D eigenvalue weighted by Gasteiger charge is 2.21. The molecule has 138 valence electrons. The van der Waals surface area contributed by atoms with Crippen LogP contribution in [0.15, 0.2) is 42.0 Å². The maximum atomic E-state index is 12.2. The summed E-state index contributed by atoms with van der Waals surface area (Å²) in [7, 11) is 0. The number of amides is 2. The molecule has 0 radical (unpaired) electrons. The van der Waals surface area contributed by atoms with Crippen molar-refractivity contribution >= 4 is 23.2 Å². The first-order chi connectivity index (χ1) is 12.7. The monoisotopic (exact) mass is 374 g/mol. The lowest BCUT2D eigenvalue weighted by atomic mass is 10.3. The molecule has 1 aliphatic rings. The molecule has 3 rings (SSSR count).